The van der Waals surface area contributed by atoms with Crippen molar-refractivity contribution in [3.05, 3.63) is 72.1 Å². The number of hydrogen-bond donors (Lipinski definition) is 0. The summed E-state index contributed by atoms with van der Waals surface area (Å²) in [5.41, 5.74) is 3.30. The van der Waals surface area contributed by atoms with Crippen molar-refractivity contribution in [3.63, 3.8) is 0 Å². The van der Waals surface area contributed by atoms with E-state index in [4.69, 9.17) is 4.98 Å². The summed E-state index contributed by atoms with van der Waals surface area (Å²) in [5.74, 6) is 1.37. The Morgan fingerprint density at radius 1 is 1.12 bits per heavy atom. The maximum absolute atomic E-state index is 12.0. The van der Waals surface area contributed by atoms with Crippen molar-refractivity contribution in [2.75, 3.05) is 13.6 Å². The summed E-state index contributed by atoms with van der Waals surface area (Å²) in [6.07, 6.45) is 4.83. The minimum Gasteiger partial charge on any atom is -0.345 e. The van der Waals surface area contributed by atoms with Gasteiger partial charge in [-0.15, -0.1) is 0 Å². The van der Waals surface area contributed by atoms with Gasteiger partial charge in [-0.3, -0.25) is 4.79 Å². The summed E-state index contributed by atoms with van der Waals surface area (Å²) in [5, 5.41) is 0. The molecule has 3 aromatic rings. The van der Waals surface area contributed by atoms with Crippen LogP contribution < -0.4 is 0 Å². The van der Waals surface area contributed by atoms with Gasteiger partial charge in [-0.1, -0.05) is 54.6 Å². The summed E-state index contributed by atoms with van der Waals surface area (Å²) < 4.78 is 2.24. The lowest BCUT2D eigenvalue weighted by atomic mass is 10.1. The molecule has 2 heterocycles. The van der Waals surface area contributed by atoms with Crippen molar-refractivity contribution in [3.8, 4) is 0 Å². The number of nitrogens with zero attached hydrogens (tertiary/aromatic N) is 3. The summed E-state index contributed by atoms with van der Waals surface area (Å²) in [7, 11) is 1.87. The molecule has 25 heavy (non-hydrogen) atoms. The number of para-hydroxylation sites is 2. The molecular weight excluding hydrogens is 310 g/mol. The van der Waals surface area contributed by atoms with Gasteiger partial charge in [0.15, 0.2) is 0 Å². The fourth-order valence-corrected chi connectivity index (χ4v) is 3.49. The second-order valence-electron chi connectivity index (χ2n) is 6.56. The molecule has 4 heteroatoms. The first-order valence-corrected chi connectivity index (χ1v) is 8.63. The minimum absolute atomic E-state index is 0.162. The number of carbonyl (C=O) groups is 1. The molecule has 1 amide bonds. The van der Waals surface area contributed by atoms with E-state index in [9.17, 15) is 4.79 Å². The van der Waals surface area contributed by atoms with E-state index in [2.05, 4.69) is 34.9 Å². The third-order valence-corrected chi connectivity index (χ3v) is 4.79. The van der Waals surface area contributed by atoms with Gasteiger partial charge in [0.2, 0.25) is 5.91 Å². The summed E-state index contributed by atoms with van der Waals surface area (Å²) in [6.45, 7) is 1.49. The van der Waals surface area contributed by atoms with Crippen molar-refractivity contribution < 1.29 is 4.79 Å². The lowest BCUT2D eigenvalue weighted by Crippen LogP contribution is -2.19. The normalized spacial score (nSPS) is 17.9. The molecule has 0 N–H and O–H groups in total. The van der Waals surface area contributed by atoms with Crippen LogP contribution in [0.3, 0.4) is 0 Å². The highest BCUT2D eigenvalue weighted by atomic mass is 16.2. The number of likely N-dealkylation sites (tertiary alicyclic amines) is 1. The molecule has 4 rings (SSSR count). The third-order valence-electron chi connectivity index (χ3n) is 4.79. The SMILES string of the molecule is CN1CC(c2nc3ccccc3n2CC=Cc2ccccc2)CC1=O. The molecular formula is C21H21N3O. The van der Waals surface area contributed by atoms with Crippen molar-refractivity contribution in [1.82, 2.24) is 14.5 Å². The quantitative estimate of drug-likeness (QED) is 0.731. The van der Waals surface area contributed by atoms with Gasteiger partial charge in [-0.2, -0.15) is 0 Å². The number of benzene rings is 2. The fourth-order valence-electron chi connectivity index (χ4n) is 3.49. The van der Waals surface area contributed by atoms with E-state index in [0.717, 1.165) is 29.9 Å². The smallest absolute Gasteiger partial charge is 0.223 e. The van der Waals surface area contributed by atoms with Gasteiger partial charge < -0.3 is 9.47 Å². The van der Waals surface area contributed by atoms with Crippen LogP contribution in [-0.2, 0) is 11.3 Å². The zero-order chi connectivity index (χ0) is 17.2. The number of carbonyl (C=O) groups excluding carboxylic acids is 1. The Balaban J connectivity index is 1.67. The lowest BCUT2D eigenvalue weighted by Gasteiger charge is -2.12. The Bertz CT molecular complexity index is 927. The van der Waals surface area contributed by atoms with Gasteiger partial charge in [0.25, 0.3) is 0 Å². The number of fused-ring (bicyclic) bond motifs is 1. The molecule has 1 aliphatic heterocycles. The average Bonchev–Trinajstić information content (AvgIpc) is 3.16. The molecule has 0 saturated carbocycles. The fraction of sp³-hybridized carbons (Fsp3) is 0.238. The zero-order valence-corrected chi connectivity index (χ0v) is 14.3. The van der Waals surface area contributed by atoms with Crippen LogP contribution in [0.15, 0.2) is 60.7 Å². The highest BCUT2D eigenvalue weighted by Gasteiger charge is 2.31. The first-order chi connectivity index (χ1) is 12.2. The van der Waals surface area contributed by atoms with Crippen molar-refractivity contribution in [1.29, 1.82) is 0 Å². The minimum atomic E-state index is 0.162. The van der Waals surface area contributed by atoms with Gasteiger partial charge in [-0.05, 0) is 17.7 Å². The first kappa shape index (κ1) is 15.6. The molecule has 0 aliphatic carbocycles. The molecule has 2 aromatic carbocycles. The van der Waals surface area contributed by atoms with Crippen LogP contribution in [-0.4, -0.2) is 34.0 Å². The van der Waals surface area contributed by atoms with Crippen LogP contribution in [0.2, 0.25) is 0 Å². The summed E-state index contributed by atoms with van der Waals surface area (Å²) in [6, 6.07) is 18.5. The third kappa shape index (κ3) is 3.07. The molecule has 1 aromatic heterocycles. The maximum atomic E-state index is 12.0. The van der Waals surface area contributed by atoms with E-state index in [1.807, 2.05) is 43.4 Å². The largest absolute Gasteiger partial charge is 0.345 e. The molecule has 126 valence electrons. The Morgan fingerprint density at radius 3 is 2.64 bits per heavy atom. The van der Waals surface area contributed by atoms with Crippen LogP contribution >= 0.6 is 0 Å². The van der Waals surface area contributed by atoms with Crippen LogP contribution in [0, 0.1) is 0 Å². The second-order valence-corrected chi connectivity index (χ2v) is 6.56. The number of rotatable bonds is 4. The monoisotopic (exact) mass is 331 g/mol. The number of amides is 1. The molecule has 1 atom stereocenters. The Morgan fingerprint density at radius 2 is 1.88 bits per heavy atom. The van der Waals surface area contributed by atoms with E-state index in [1.54, 1.807) is 4.90 Å². The van der Waals surface area contributed by atoms with Crippen molar-refractivity contribution >= 4 is 23.0 Å². The van der Waals surface area contributed by atoms with Crippen molar-refractivity contribution in [2.45, 2.75) is 18.9 Å². The number of allylic oxidation sites excluding steroid dienone is 1. The van der Waals surface area contributed by atoms with Gasteiger partial charge in [0.05, 0.1) is 11.0 Å². The van der Waals surface area contributed by atoms with E-state index >= 15 is 0 Å². The molecule has 0 radical (unpaired) electrons. The molecule has 0 bridgehead atoms. The maximum Gasteiger partial charge on any atom is 0.223 e. The van der Waals surface area contributed by atoms with E-state index in [1.165, 1.54) is 5.56 Å². The number of aromatic nitrogens is 2. The predicted molar refractivity (Wildman–Crippen MR) is 100 cm³/mol. The van der Waals surface area contributed by atoms with Crippen LogP contribution in [0.1, 0.15) is 23.7 Å². The molecule has 1 fully saturated rings. The van der Waals surface area contributed by atoms with Crippen molar-refractivity contribution in [2.24, 2.45) is 0 Å². The van der Waals surface area contributed by atoms with Gasteiger partial charge in [0.1, 0.15) is 5.82 Å². The Labute approximate surface area is 147 Å². The average molecular weight is 331 g/mol. The zero-order valence-electron chi connectivity index (χ0n) is 14.3. The van der Waals surface area contributed by atoms with Crippen LogP contribution in [0.25, 0.3) is 17.1 Å². The summed E-state index contributed by atoms with van der Waals surface area (Å²) in [4.78, 5) is 18.6. The number of imidazole rings is 1. The van der Waals surface area contributed by atoms with E-state index in [-0.39, 0.29) is 11.8 Å². The predicted octanol–water partition coefficient (Wildman–Crippen LogP) is 3.70. The highest BCUT2D eigenvalue weighted by molar-refractivity contribution is 5.80. The Kier molecular flexibility index (Phi) is 4.10. The standard InChI is InChI=1S/C21H21N3O/c1-23-15-17(14-20(23)25)21-22-18-11-5-6-12-19(18)24(21)13-7-10-16-8-3-2-4-9-16/h2-12,17H,13-15H2,1H3. The summed E-state index contributed by atoms with van der Waals surface area (Å²) >= 11 is 0. The van der Waals surface area contributed by atoms with E-state index in [0.29, 0.717) is 6.42 Å². The van der Waals surface area contributed by atoms with E-state index < -0.39 is 0 Å². The van der Waals surface area contributed by atoms with Crippen LogP contribution in [0.4, 0.5) is 0 Å². The second kappa shape index (κ2) is 6.55. The molecule has 4 nitrogen and oxygen atoms in total. The van der Waals surface area contributed by atoms with Gasteiger partial charge >= 0.3 is 0 Å². The topological polar surface area (TPSA) is 38.1 Å². The lowest BCUT2D eigenvalue weighted by molar-refractivity contribution is -0.126. The molecule has 1 unspecified atom stereocenters. The molecule has 1 aliphatic rings. The number of likely N-dealkylation sites (N-methyl/N-ethyl adjacent to an activating group) is 1. The molecule has 0 spiro atoms. The van der Waals surface area contributed by atoms with Crippen LogP contribution in [0.5, 0.6) is 0 Å². The number of hydrogen-bond acceptors (Lipinski definition) is 2. The first-order valence-electron chi connectivity index (χ1n) is 8.63. The molecule has 1 saturated heterocycles. The highest BCUT2D eigenvalue weighted by Crippen LogP contribution is 2.29. The van der Waals surface area contributed by atoms with Gasteiger partial charge in [0, 0.05) is 32.5 Å². The van der Waals surface area contributed by atoms with Gasteiger partial charge in [-0.25, -0.2) is 4.98 Å². The Hall–Kier alpha value is -2.88.